The number of guanidine groups is 1. The second-order valence-electron chi connectivity index (χ2n) is 6.72. The smallest absolute Gasteiger partial charge is 0.191 e. The largest absolute Gasteiger partial charge is 0.353 e. The zero-order valence-corrected chi connectivity index (χ0v) is 17.5. The van der Waals surface area contributed by atoms with Crippen LogP contribution in [0, 0.1) is 25.7 Å². The van der Waals surface area contributed by atoms with Crippen LogP contribution in [-0.2, 0) is 6.54 Å². The minimum absolute atomic E-state index is 0. The Hall–Kier alpha value is -0.370. The van der Waals surface area contributed by atoms with Crippen molar-refractivity contribution in [2.75, 3.05) is 7.05 Å². The van der Waals surface area contributed by atoms with Crippen molar-refractivity contribution in [1.29, 1.82) is 0 Å². The van der Waals surface area contributed by atoms with Crippen LogP contribution in [0.4, 0.5) is 0 Å². The summed E-state index contributed by atoms with van der Waals surface area (Å²) >= 11 is 1.77. The van der Waals surface area contributed by atoms with Gasteiger partial charge in [0.2, 0.25) is 0 Å². The highest BCUT2D eigenvalue weighted by molar-refractivity contribution is 14.0. The third kappa shape index (κ3) is 5.05. The molecule has 0 aromatic carbocycles. The number of nitrogens with one attached hydrogen (secondary N) is 2. The Balaban J connectivity index is 0.00000192. The molecule has 2 atom stereocenters. The molecule has 0 saturated heterocycles. The van der Waals surface area contributed by atoms with E-state index in [9.17, 15) is 0 Å². The highest BCUT2D eigenvalue weighted by Gasteiger charge is 2.43. The minimum atomic E-state index is 0. The molecule has 0 amide bonds. The quantitative estimate of drug-likeness (QED) is 0.416. The van der Waals surface area contributed by atoms with Gasteiger partial charge in [-0.1, -0.05) is 32.1 Å². The monoisotopic (exact) mass is 448 g/mol. The number of rotatable bonds is 4. The van der Waals surface area contributed by atoms with Crippen molar-refractivity contribution in [3.63, 3.8) is 0 Å². The van der Waals surface area contributed by atoms with E-state index in [4.69, 9.17) is 0 Å². The van der Waals surface area contributed by atoms with Crippen molar-refractivity contribution < 1.29 is 0 Å². The Kier molecular flexibility index (Phi) is 7.13. The number of halogens is 1. The number of hydrogen-bond acceptors (Lipinski definition) is 3. The van der Waals surface area contributed by atoms with Crippen molar-refractivity contribution >= 4 is 41.3 Å². The average molecular weight is 448 g/mol. The molecule has 0 radical (unpaired) electrons. The molecule has 2 aliphatic carbocycles. The number of aryl methyl sites for hydroxylation is 2. The number of aromatic nitrogens is 1. The summed E-state index contributed by atoms with van der Waals surface area (Å²) in [5.41, 5.74) is 1.14. The summed E-state index contributed by atoms with van der Waals surface area (Å²) < 4.78 is 0. The van der Waals surface area contributed by atoms with E-state index >= 15 is 0 Å². The van der Waals surface area contributed by atoms with E-state index in [1.54, 1.807) is 11.3 Å². The molecule has 3 rings (SSSR count). The molecule has 0 bridgehead atoms. The Labute approximate surface area is 161 Å². The molecule has 130 valence electrons. The van der Waals surface area contributed by atoms with Crippen LogP contribution in [0.15, 0.2) is 4.99 Å². The maximum Gasteiger partial charge on any atom is 0.191 e. The summed E-state index contributed by atoms with van der Waals surface area (Å²) in [6, 6.07) is 0.638. The van der Waals surface area contributed by atoms with E-state index in [1.165, 1.54) is 43.4 Å². The highest BCUT2D eigenvalue weighted by Crippen LogP contribution is 2.44. The third-order valence-electron chi connectivity index (χ3n) is 5.06. The van der Waals surface area contributed by atoms with Gasteiger partial charge in [-0.2, -0.15) is 0 Å². The second kappa shape index (κ2) is 8.65. The summed E-state index contributed by atoms with van der Waals surface area (Å²) in [7, 11) is 1.86. The molecule has 1 heterocycles. The van der Waals surface area contributed by atoms with Crippen molar-refractivity contribution in [2.45, 2.75) is 65.0 Å². The van der Waals surface area contributed by atoms with Gasteiger partial charge in [0.25, 0.3) is 0 Å². The maximum absolute atomic E-state index is 4.48. The van der Waals surface area contributed by atoms with Crippen molar-refractivity contribution in [3.8, 4) is 0 Å². The molecule has 2 fully saturated rings. The molecule has 23 heavy (non-hydrogen) atoms. The first-order valence-corrected chi connectivity index (χ1v) is 9.39. The first-order chi connectivity index (χ1) is 10.7. The SMILES string of the molecule is CN=C(NCc1sc(C)nc1C)NC1CC1C1CCCCC1.I. The van der Waals surface area contributed by atoms with Crippen LogP contribution in [0.3, 0.4) is 0 Å². The van der Waals surface area contributed by atoms with Gasteiger partial charge in [0.1, 0.15) is 0 Å². The van der Waals surface area contributed by atoms with Gasteiger partial charge in [0, 0.05) is 18.0 Å². The summed E-state index contributed by atoms with van der Waals surface area (Å²) in [5, 5.41) is 8.19. The minimum Gasteiger partial charge on any atom is -0.353 e. The lowest BCUT2D eigenvalue weighted by Gasteiger charge is -2.22. The fourth-order valence-corrected chi connectivity index (χ4v) is 4.61. The summed E-state index contributed by atoms with van der Waals surface area (Å²) in [5.74, 6) is 2.77. The zero-order valence-electron chi connectivity index (χ0n) is 14.4. The molecule has 1 aromatic rings. The summed E-state index contributed by atoms with van der Waals surface area (Å²) in [6.45, 7) is 4.96. The van der Waals surface area contributed by atoms with Crippen molar-refractivity contribution in [2.24, 2.45) is 16.8 Å². The third-order valence-corrected chi connectivity index (χ3v) is 6.13. The summed E-state index contributed by atoms with van der Waals surface area (Å²) in [4.78, 5) is 10.2. The number of nitrogens with zero attached hydrogens (tertiary/aromatic N) is 2. The van der Waals surface area contributed by atoms with Gasteiger partial charge in [-0.05, 0) is 32.1 Å². The van der Waals surface area contributed by atoms with Crippen LogP contribution in [0.1, 0.15) is 54.1 Å². The van der Waals surface area contributed by atoms with Crippen LogP contribution < -0.4 is 10.6 Å². The van der Waals surface area contributed by atoms with E-state index in [0.717, 1.165) is 35.0 Å². The predicted octanol–water partition coefficient (Wildman–Crippen LogP) is 4.01. The molecule has 4 nitrogen and oxygen atoms in total. The van der Waals surface area contributed by atoms with Gasteiger partial charge >= 0.3 is 0 Å². The topological polar surface area (TPSA) is 49.3 Å². The van der Waals surface area contributed by atoms with Crippen LogP contribution in [0.2, 0.25) is 0 Å². The van der Waals surface area contributed by atoms with Crippen LogP contribution in [0.25, 0.3) is 0 Å². The molecule has 2 N–H and O–H groups in total. The Morgan fingerprint density at radius 3 is 2.61 bits per heavy atom. The molecule has 1 aromatic heterocycles. The van der Waals surface area contributed by atoms with Crippen molar-refractivity contribution in [3.05, 3.63) is 15.6 Å². The first kappa shape index (κ1) is 19.0. The van der Waals surface area contributed by atoms with Gasteiger partial charge in [-0.3, -0.25) is 4.99 Å². The fourth-order valence-electron chi connectivity index (χ4n) is 3.74. The van der Waals surface area contributed by atoms with Gasteiger partial charge in [0.15, 0.2) is 5.96 Å². The van der Waals surface area contributed by atoms with Gasteiger partial charge in [-0.15, -0.1) is 35.3 Å². The predicted molar refractivity (Wildman–Crippen MR) is 109 cm³/mol. The average Bonchev–Trinajstić information content (AvgIpc) is 3.22. The normalized spacial score (nSPS) is 24.9. The van der Waals surface area contributed by atoms with E-state index in [-0.39, 0.29) is 24.0 Å². The van der Waals surface area contributed by atoms with E-state index in [1.807, 2.05) is 7.05 Å². The summed E-state index contributed by atoms with van der Waals surface area (Å²) in [6.07, 6.45) is 8.51. The lowest BCUT2D eigenvalue weighted by Crippen LogP contribution is -2.39. The van der Waals surface area contributed by atoms with Gasteiger partial charge in [0.05, 0.1) is 17.2 Å². The maximum atomic E-state index is 4.48. The first-order valence-electron chi connectivity index (χ1n) is 8.57. The van der Waals surface area contributed by atoms with E-state index < -0.39 is 0 Å². The molecule has 0 spiro atoms. The van der Waals surface area contributed by atoms with Crippen molar-refractivity contribution in [1.82, 2.24) is 15.6 Å². The Bertz CT molecular complexity index is 537. The van der Waals surface area contributed by atoms with E-state index in [2.05, 4.69) is 34.5 Å². The number of aliphatic imine (C=N–C) groups is 1. The molecule has 2 aliphatic rings. The molecule has 2 saturated carbocycles. The molecule has 2 unspecified atom stereocenters. The van der Waals surface area contributed by atoms with Gasteiger partial charge < -0.3 is 10.6 Å². The molecular weight excluding hydrogens is 419 g/mol. The standard InChI is InChI=1S/C17H28N4S.HI/c1-11-16(22-12(2)20-11)10-19-17(18-3)21-15-9-14(15)13-7-5-4-6-8-13;/h13-15H,4-10H2,1-3H3,(H2,18,19,21);1H. The zero-order chi connectivity index (χ0) is 15.5. The lowest BCUT2D eigenvalue weighted by molar-refractivity contribution is 0.315. The van der Waals surface area contributed by atoms with Crippen LogP contribution in [-0.4, -0.2) is 24.0 Å². The number of hydrogen-bond donors (Lipinski definition) is 2. The molecule has 6 heteroatoms. The molecule has 0 aliphatic heterocycles. The fraction of sp³-hybridized carbons (Fsp3) is 0.765. The highest BCUT2D eigenvalue weighted by atomic mass is 127. The Morgan fingerprint density at radius 1 is 1.26 bits per heavy atom. The lowest BCUT2D eigenvalue weighted by atomic mass is 9.85. The Morgan fingerprint density at radius 2 is 2.00 bits per heavy atom. The number of thiazole rings is 1. The molecular formula is C17H29IN4S. The second-order valence-corrected chi connectivity index (χ2v) is 8.00. The van der Waals surface area contributed by atoms with E-state index in [0.29, 0.717) is 6.04 Å². The van der Waals surface area contributed by atoms with Gasteiger partial charge in [-0.25, -0.2) is 4.98 Å². The van der Waals surface area contributed by atoms with Crippen LogP contribution in [0.5, 0.6) is 0 Å². The van der Waals surface area contributed by atoms with Crippen LogP contribution >= 0.6 is 35.3 Å².